The summed E-state index contributed by atoms with van der Waals surface area (Å²) in [6.07, 6.45) is 2.54. The first kappa shape index (κ1) is 12.3. The first-order chi connectivity index (χ1) is 8.84. The maximum atomic E-state index is 12.9. The van der Waals surface area contributed by atoms with Gasteiger partial charge in [-0.05, 0) is 29.7 Å². The summed E-state index contributed by atoms with van der Waals surface area (Å²) >= 11 is 0. The molecule has 0 atom stereocenters. The van der Waals surface area contributed by atoms with Crippen molar-refractivity contribution < 1.29 is 4.39 Å². The van der Waals surface area contributed by atoms with Crippen LogP contribution >= 0.6 is 0 Å². The molecule has 0 amide bonds. The average molecular weight is 242 g/mol. The molecule has 3 heteroatoms. The molecular weight excluding hydrogens is 227 g/mol. The Kier molecular flexibility index (Phi) is 4.47. The largest absolute Gasteiger partial charge is 0.310 e. The first-order valence-electron chi connectivity index (χ1n) is 5.90. The van der Waals surface area contributed by atoms with Crippen LogP contribution in [0.15, 0.2) is 59.7 Å². The Balaban J connectivity index is 1.75. The number of nitrogens with one attached hydrogen (secondary N) is 1. The summed E-state index contributed by atoms with van der Waals surface area (Å²) in [6.45, 7) is 0.760. The molecule has 0 aliphatic rings. The second-order valence-corrected chi connectivity index (χ2v) is 3.96. The Morgan fingerprint density at radius 2 is 1.89 bits per heavy atom. The van der Waals surface area contributed by atoms with Crippen LogP contribution in [0.2, 0.25) is 0 Å². The predicted molar refractivity (Wildman–Crippen MR) is 72.1 cm³/mol. The highest BCUT2D eigenvalue weighted by Crippen LogP contribution is 2.00. The summed E-state index contributed by atoms with van der Waals surface area (Å²) in [5.41, 5.74) is 4.97. The fourth-order valence-electron chi connectivity index (χ4n) is 1.62. The number of hydrogen-bond acceptors (Lipinski definition) is 2. The van der Waals surface area contributed by atoms with Crippen LogP contribution in [-0.4, -0.2) is 12.8 Å². The molecule has 2 aromatic carbocycles. The number of nitrogens with zero attached hydrogens (tertiary/aromatic N) is 1. The number of hydrogen-bond donors (Lipinski definition) is 1. The van der Waals surface area contributed by atoms with Gasteiger partial charge in [0.1, 0.15) is 5.82 Å². The van der Waals surface area contributed by atoms with Crippen LogP contribution in [0.4, 0.5) is 4.39 Å². The topological polar surface area (TPSA) is 24.4 Å². The fourth-order valence-corrected chi connectivity index (χ4v) is 1.62. The highest BCUT2D eigenvalue weighted by molar-refractivity contribution is 5.79. The zero-order valence-electron chi connectivity index (χ0n) is 10.0. The lowest BCUT2D eigenvalue weighted by Gasteiger charge is -2.00. The lowest BCUT2D eigenvalue weighted by molar-refractivity contribution is 0.627. The van der Waals surface area contributed by atoms with E-state index < -0.39 is 0 Å². The Hall–Kier alpha value is -2.16. The summed E-state index contributed by atoms with van der Waals surface area (Å²) in [5.74, 6) is -0.247. The quantitative estimate of drug-likeness (QED) is 0.486. The molecule has 0 heterocycles. The number of rotatable bonds is 5. The van der Waals surface area contributed by atoms with E-state index in [2.05, 4.69) is 22.7 Å². The van der Waals surface area contributed by atoms with Crippen LogP contribution < -0.4 is 5.43 Å². The Morgan fingerprint density at radius 1 is 1.06 bits per heavy atom. The van der Waals surface area contributed by atoms with Gasteiger partial charge >= 0.3 is 0 Å². The first-order valence-corrected chi connectivity index (χ1v) is 5.90. The highest BCUT2D eigenvalue weighted by Gasteiger charge is 1.91. The Bertz CT molecular complexity index is 509. The minimum atomic E-state index is -0.247. The molecule has 0 saturated heterocycles. The van der Waals surface area contributed by atoms with E-state index in [0.29, 0.717) is 0 Å². The molecule has 0 unspecified atom stereocenters. The highest BCUT2D eigenvalue weighted by atomic mass is 19.1. The molecule has 0 aliphatic heterocycles. The molecule has 0 aliphatic carbocycles. The van der Waals surface area contributed by atoms with Gasteiger partial charge in [-0.25, -0.2) is 4.39 Å². The van der Waals surface area contributed by atoms with E-state index in [1.165, 1.54) is 17.7 Å². The molecule has 0 radical (unpaired) electrons. The van der Waals surface area contributed by atoms with Crippen molar-refractivity contribution in [2.24, 2.45) is 5.10 Å². The molecular formula is C15H15FN2. The average Bonchev–Trinajstić information content (AvgIpc) is 2.40. The second-order valence-electron chi connectivity index (χ2n) is 3.96. The van der Waals surface area contributed by atoms with Gasteiger partial charge in [-0.2, -0.15) is 5.10 Å². The zero-order chi connectivity index (χ0) is 12.6. The SMILES string of the molecule is Fc1cccc(/C=N/NCCc2ccccc2)c1. The smallest absolute Gasteiger partial charge is 0.123 e. The van der Waals surface area contributed by atoms with Gasteiger partial charge in [-0.3, -0.25) is 0 Å². The molecule has 0 bridgehead atoms. The van der Waals surface area contributed by atoms with Crippen LogP contribution in [0.5, 0.6) is 0 Å². The lowest BCUT2D eigenvalue weighted by Crippen LogP contribution is -2.10. The van der Waals surface area contributed by atoms with Gasteiger partial charge < -0.3 is 5.43 Å². The van der Waals surface area contributed by atoms with Crippen molar-refractivity contribution in [2.45, 2.75) is 6.42 Å². The molecule has 2 aromatic rings. The summed E-state index contributed by atoms with van der Waals surface area (Å²) in [6, 6.07) is 16.5. The maximum absolute atomic E-state index is 12.9. The second kappa shape index (κ2) is 6.55. The predicted octanol–water partition coefficient (Wildman–Crippen LogP) is 2.99. The summed E-state index contributed by atoms with van der Waals surface area (Å²) < 4.78 is 12.9. The van der Waals surface area contributed by atoms with Gasteiger partial charge in [0.2, 0.25) is 0 Å². The molecule has 2 rings (SSSR count). The van der Waals surface area contributed by atoms with Crippen molar-refractivity contribution in [3.05, 3.63) is 71.5 Å². The number of hydrazone groups is 1. The normalized spacial score (nSPS) is 10.7. The van der Waals surface area contributed by atoms with E-state index in [9.17, 15) is 4.39 Å². The van der Waals surface area contributed by atoms with Crippen molar-refractivity contribution in [3.8, 4) is 0 Å². The van der Waals surface area contributed by atoms with E-state index >= 15 is 0 Å². The van der Waals surface area contributed by atoms with Crippen molar-refractivity contribution in [1.82, 2.24) is 5.43 Å². The van der Waals surface area contributed by atoms with Crippen LogP contribution in [0.1, 0.15) is 11.1 Å². The summed E-state index contributed by atoms with van der Waals surface area (Å²) in [5, 5.41) is 4.06. The van der Waals surface area contributed by atoms with Gasteiger partial charge in [0.15, 0.2) is 0 Å². The van der Waals surface area contributed by atoms with Crippen molar-refractivity contribution in [2.75, 3.05) is 6.54 Å². The molecule has 0 aromatic heterocycles. The van der Waals surface area contributed by atoms with E-state index in [1.807, 2.05) is 24.3 Å². The van der Waals surface area contributed by atoms with Crippen LogP contribution in [0.3, 0.4) is 0 Å². The van der Waals surface area contributed by atoms with E-state index in [0.717, 1.165) is 18.5 Å². The van der Waals surface area contributed by atoms with Crippen LogP contribution in [0, 0.1) is 5.82 Å². The van der Waals surface area contributed by atoms with Crippen LogP contribution in [-0.2, 0) is 6.42 Å². The van der Waals surface area contributed by atoms with Gasteiger partial charge in [-0.1, -0.05) is 42.5 Å². The third-order valence-corrected chi connectivity index (χ3v) is 2.52. The Morgan fingerprint density at radius 3 is 2.67 bits per heavy atom. The third kappa shape index (κ3) is 4.01. The summed E-state index contributed by atoms with van der Waals surface area (Å²) in [7, 11) is 0. The van der Waals surface area contributed by atoms with Gasteiger partial charge in [0.05, 0.1) is 6.21 Å². The van der Waals surface area contributed by atoms with Crippen molar-refractivity contribution in [3.63, 3.8) is 0 Å². The van der Waals surface area contributed by atoms with Crippen molar-refractivity contribution >= 4 is 6.21 Å². The third-order valence-electron chi connectivity index (χ3n) is 2.52. The van der Waals surface area contributed by atoms with E-state index in [4.69, 9.17) is 0 Å². The molecule has 92 valence electrons. The minimum absolute atomic E-state index is 0.247. The van der Waals surface area contributed by atoms with Crippen molar-refractivity contribution in [1.29, 1.82) is 0 Å². The van der Waals surface area contributed by atoms with Gasteiger partial charge in [0.25, 0.3) is 0 Å². The molecule has 0 saturated carbocycles. The minimum Gasteiger partial charge on any atom is -0.310 e. The fraction of sp³-hybridized carbons (Fsp3) is 0.133. The molecule has 0 fully saturated rings. The zero-order valence-corrected chi connectivity index (χ0v) is 10.0. The van der Waals surface area contributed by atoms with Gasteiger partial charge in [0, 0.05) is 6.54 Å². The molecule has 1 N–H and O–H groups in total. The van der Waals surface area contributed by atoms with E-state index in [-0.39, 0.29) is 5.82 Å². The molecule has 18 heavy (non-hydrogen) atoms. The van der Waals surface area contributed by atoms with E-state index in [1.54, 1.807) is 12.3 Å². The monoisotopic (exact) mass is 242 g/mol. The lowest BCUT2D eigenvalue weighted by atomic mass is 10.2. The Labute approximate surface area is 106 Å². The summed E-state index contributed by atoms with van der Waals surface area (Å²) in [4.78, 5) is 0. The standard InChI is InChI=1S/C15H15FN2/c16-15-8-4-7-14(11-15)12-18-17-10-9-13-5-2-1-3-6-13/h1-8,11-12,17H,9-10H2/b18-12+. The molecule has 0 spiro atoms. The molecule has 2 nitrogen and oxygen atoms in total. The maximum Gasteiger partial charge on any atom is 0.123 e. The van der Waals surface area contributed by atoms with Gasteiger partial charge in [-0.15, -0.1) is 0 Å². The number of benzene rings is 2. The van der Waals surface area contributed by atoms with Crippen LogP contribution in [0.25, 0.3) is 0 Å². The number of halogens is 1.